The average Bonchev–Trinajstić information content (AvgIpc) is 3.00. The van der Waals surface area contributed by atoms with Crippen molar-refractivity contribution in [3.8, 4) is 0 Å². The van der Waals surface area contributed by atoms with Gasteiger partial charge < -0.3 is 15.4 Å². The van der Waals surface area contributed by atoms with Crippen molar-refractivity contribution >= 4 is 17.7 Å². The van der Waals surface area contributed by atoms with Crippen LogP contribution < -0.4 is 5.73 Å². The summed E-state index contributed by atoms with van der Waals surface area (Å²) in [5.41, 5.74) is 4.81. The van der Waals surface area contributed by atoms with Crippen LogP contribution in [0.4, 0.5) is 0 Å². The lowest BCUT2D eigenvalue weighted by Crippen LogP contribution is -2.52. The van der Waals surface area contributed by atoms with E-state index in [2.05, 4.69) is 10.2 Å². The van der Waals surface area contributed by atoms with E-state index in [0.717, 1.165) is 12.8 Å². The molecule has 16 heavy (non-hydrogen) atoms. The molecule has 7 heteroatoms. The Bertz CT molecular complexity index is 404. The molecule has 1 saturated carbocycles. The van der Waals surface area contributed by atoms with Crippen LogP contribution in [-0.4, -0.2) is 37.1 Å². The lowest BCUT2D eigenvalue weighted by molar-refractivity contribution is -0.143. The average molecular weight is 242 g/mol. The van der Waals surface area contributed by atoms with Gasteiger partial charge in [-0.15, -0.1) is 10.2 Å². The number of carboxylic acids is 1. The van der Waals surface area contributed by atoms with Gasteiger partial charge in [-0.1, -0.05) is 11.8 Å². The van der Waals surface area contributed by atoms with E-state index in [9.17, 15) is 4.79 Å². The van der Waals surface area contributed by atoms with Gasteiger partial charge in [0.15, 0.2) is 5.16 Å². The Balaban J connectivity index is 2.02. The summed E-state index contributed by atoms with van der Waals surface area (Å²) >= 11 is 1.34. The number of hydrogen-bond donors (Lipinski definition) is 2. The van der Waals surface area contributed by atoms with E-state index in [4.69, 9.17) is 10.8 Å². The largest absolute Gasteiger partial charge is 0.480 e. The summed E-state index contributed by atoms with van der Waals surface area (Å²) in [6, 6.07) is 0. The monoisotopic (exact) mass is 242 g/mol. The molecule has 1 aromatic heterocycles. The molecule has 6 nitrogen and oxygen atoms in total. The molecule has 0 radical (unpaired) electrons. The van der Waals surface area contributed by atoms with Crippen molar-refractivity contribution in [2.45, 2.75) is 23.5 Å². The van der Waals surface area contributed by atoms with Crippen molar-refractivity contribution in [2.75, 3.05) is 5.75 Å². The Kier molecular flexibility index (Phi) is 2.90. The second-order valence-corrected chi connectivity index (χ2v) is 5.08. The van der Waals surface area contributed by atoms with Crippen LogP contribution in [0, 0.1) is 5.92 Å². The van der Waals surface area contributed by atoms with E-state index in [1.807, 2.05) is 7.05 Å². The number of aromatic nitrogens is 3. The van der Waals surface area contributed by atoms with E-state index in [1.54, 1.807) is 10.9 Å². The zero-order valence-corrected chi connectivity index (χ0v) is 9.78. The van der Waals surface area contributed by atoms with Crippen LogP contribution >= 0.6 is 11.8 Å². The summed E-state index contributed by atoms with van der Waals surface area (Å²) in [6.07, 6.45) is 3.39. The molecule has 1 unspecified atom stereocenters. The van der Waals surface area contributed by atoms with Gasteiger partial charge in [-0.3, -0.25) is 4.79 Å². The van der Waals surface area contributed by atoms with E-state index in [0.29, 0.717) is 10.9 Å². The Hall–Kier alpha value is -1.08. The topological polar surface area (TPSA) is 94.0 Å². The Labute approximate surface area is 97.2 Å². The highest BCUT2D eigenvalue weighted by atomic mass is 32.2. The third-order valence-corrected chi connectivity index (χ3v) is 4.06. The van der Waals surface area contributed by atoms with Crippen molar-refractivity contribution in [2.24, 2.45) is 18.7 Å². The number of nitrogens with zero attached hydrogens (tertiary/aromatic N) is 3. The van der Waals surface area contributed by atoms with E-state index in [-0.39, 0.29) is 5.92 Å². The van der Waals surface area contributed by atoms with Crippen LogP contribution in [0.15, 0.2) is 11.5 Å². The summed E-state index contributed by atoms with van der Waals surface area (Å²) in [5.74, 6) is -0.491. The first-order chi connectivity index (χ1) is 7.54. The minimum absolute atomic E-state index is 0.103. The Morgan fingerprint density at radius 1 is 1.81 bits per heavy atom. The molecule has 88 valence electrons. The lowest BCUT2D eigenvalue weighted by atomic mass is 9.98. The molecule has 0 bridgehead atoms. The number of carbonyl (C=O) groups is 1. The zero-order valence-electron chi connectivity index (χ0n) is 8.96. The number of carboxylic acid groups (broad SMARTS) is 1. The Morgan fingerprint density at radius 2 is 2.50 bits per heavy atom. The summed E-state index contributed by atoms with van der Waals surface area (Å²) in [4.78, 5) is 11.2. The summed E-state index contributed by atoms with van der Waals surface area (Å²) in [5, 5.41) is 17.5. The number of hydrogen-bond acceptors (Lipinski definition) is 5. The van der Waals surface area contributed by atoms with Crippen LogP contribution in [0.25, 0.3) is 0 Å². The van der Waals surface area contributed by atoms with Gasteiger partial charge in [0.25, 0.3) is 0 Å². The van der Waals surface area contributed by atoms with Crippen LogP contribution in [0.2, 0.25) is 0 Å². The molecule has 0 aromatic carbocycles. The number of aliphatic carboxylic acids is 1. The van der Waals surface area contributed by atoms with Gasteiger partial charge in [0.05, 0.1) is 0 Å². The molecule has 1 aliphatic rings. The molecule has 1 fully saturated rings. The third-order valence-electron chi connectivity index (χ3n) is 2.81. The predicted molar refractivity (Wildman–Crippen MR) is 59.0 cm³/mol. The molecule has 1 atom stereocenters. The van der Waals surface area contributed by atoms with Crippen molar-refractivity contribution in [3.63, 3.8) is 0 Å². The number of rotatable bonds is 5. The van der Waals surface area contributed by atoms with Crippen LogP contribution in [0.3, 0.4) is 0 Å². The maximum absolute atomic E-state index is 11.2. The van der Waals surface area contributed by atoms with Crippen molar-refractivity contribution in [1.29, 1.82) is 0 Å². The first-order valence-corrected chi connectivity index (χ1v) is 6.01. The molecule has 0 spiro atoms. The van der Waals surface area contributed by atoms with Crippen LogP contribution in [0.5, 0.6) is 0 Å². The highest BCUT2D eigenvalue weighted by Crippen LogP contribution is 2.40. The normalized spacial score (nSPS) is 19.4. The van der Waals surface area contributed by atoms with Crippen LogP contribution in [-0.2, 0) is 11.8 Å². The second kappa shape index (κ2) is 4.06. The first-order valence-electron chi connectivity index (χ1n) is 5.03. The maximum atomic E-state index is 11.2. The number of thioether (sulfide) groups is 1. The molecular formula is C9H14N4O2S. The van der Waals surface area contributed by atoms with Gasteiger partial charge >= 0.3 is 5.97 Å². The van der Waals surface area contributed by atoms with Gasteiger partial charge in [-0.25, -0.2) is 0 Å². The van der Waals surface area contributed by atoms with Gasteiger partial charge in [-0.05, 0) is 18.8 Å². The molecule has 1 aliphatic carbocycles. The molecule has 3 N–H and O–H groups in total. The fourth-order valence-corrected chi connectivity index (χ4v) is 2.62. The van der Waals surface area contributed by atoms with Crippen molar-refractivity contribution < 1.29 is 9.90 Å². The summed E-state index contributed by atoms with van der Waals surface area (Å²) in [7, 11) is 1.82. The molecule has 1 heterocycles. The van der Waals surface area contributed by atoms with E-state index >= 15 is 0 Å². The molecule has 2 rings (SSSR count). The van der Waals surface area contributed by atoms with Gasteiger partial charge in [0.1, 0.15) is 11.9 Å². The third kappa shape index (κ3) is 2.05. The standard InChI is InChI=1S/C9H14N4O2S/c1-13-5-11-12-8(13)16-4-9(10,7(14)15)6-2-3-6/h5-6H,2-4,10H2,1H3,(H,14,15). The fourth-order valence-electron chi connectivity index (χ4n) is 1.54. The molecular weight excluding hydrogens is 228 g/mol. The molecule has 0 saturated heterocycles. The maximum Gasteiger partial charge on any atom is 0.324 e. The Morgan fingerprint density at radius 3 is 2.94 bits per heavy atom. The van der Waals surface area contributed by atoms with Crippen LogP contribution in [0.1, 0.15) is 12.8 Å². The van der Waals surface area contributed by atoms with Gasteiger partial charge in [0.2, 0.25) is 0 Å². The van der Waals surface area contributed by atoms with E-state index < -0.39 is 11.5 Å². The van der Waals surface area contributed by atoms with E-state index in [1.165, 1.54) is 11.8 Å². The quantitative estimate of drug-likeness (QED) is 0.711. The molecule has 1 aromatic rings. The summed E-state index contributed by atoms with van der Waals surface area (Å²) in [6.45, 7) is 0. The lowest BCUT2D eigenvalue weighted by Gasteiger charge is -2.23. The highest BCUT2D eigenvalue weighted by molar-refractivity contribution is 7.99. The minimum Gasteiger partial charge on any atom is -0.480 e. The van der Waals surface area contributed by atoms with Crippen molar-refractivity contribution in [3.05, 3.63) is 6.33 Å². The molecule has 0 aliphatic heterocycles. The van der Waals surface area contributed by atoms with Gasteiger partial charge in [0, 0.05) is 12.8 Å². The minimum atomic E-state index is -1.13. The smallest absolute Gasteiger partial charge is 0.324 e. The second-order valence-electron chi connectivity index (χ2n) is 4.13. The van der Waals surface area contributed by atoms with Crippen molar-refractivity contribution in [1.82, 2.24) is 14.8 Å². The highest BCUT2D eigenvalue weighted by Gasteiger charge is 2.48. The summed E-state index contributed by atoms with van der Waals surface area (Å²) < 4.78 is 1.75. The van der Waals surface area contributed by atoms with Gasteiger partial charge in [-0.2, -0.15) is 0 Å². The zero-order chi connectivity index (χ0) is 11.8. The SMILES string of the molecule is Cn1cnnc1SCC(N)(C(=O)O)C1CC1. The fraction of sp³-hybridized carbons (Fsp3) is 0.667. The molecule has 0 amide bonds. The number of aryl methyl sites for hydroxylation is 1. The predicted octanol–water partition coefficient (Wildman–Crippen LogP) is 0.0993. The number of nitrogens with two attached hydrogens (primary N) is 1. The first kappa shape index (κ1) is 11.4.